The van der Waals surface area contributed by atoms with Crippen LogP contribution in [0.5, 0.6) is 5.75 Å². The second kappa shape index (κ2) is 8.20. The van der Waals surface area contributed by atoms with Gasteiger partial charge in [0, 0.05) is 37.8 Å². The van der Waals surface area contributed by atoms with Crippen molar-refractivity contribution in [3.8, 4) is 11.8 Å². The topological polar surface area (TPSA) is 71.2 Å². The lowest BCUT2D eigenvalue weighted by Gasteiger charge is -2.29. The summed E-state index contributed by atoms with van der Waals surface area (Å²) in [5.74, 6) is -1.49. The summed E-state index contributed by atoms with van der Waals surface area (Å²) >= 11 is 6.11. The Morgan fingerprint density at radius 2 is 1.94 bits per heavy atom. The lowest BCUT2D eigenvalue weighted by molar-refractivity contribution is -0.189. The van der Waals surface area contributed by atoms with Gasteiger partial charge in [0.05, 0.1) is 10.6 Å². The molecule has 1 aliphatic rings. The summed E-state index contributed by atoms with van der Waals surface area (Å²) in [5, 5.41) is 12.2. The number of hydrogen-bond donors (Lipinski definition) is 0. The molecule has 1 aliphatic heterocycles. The predicted molar refractivity (Wildman–Crippen MR) is 99.0 cm³/mol. The van der Waals surface area contributed by atoms with Gasteiger partial charge in [-0.15, -0.1) is 0 Å². The highest BCUT2D eigenvalue weighted by molar-refractivity contribution is 6.35. The molecule has 0 bridgehead atoms. The van der Waals surface area contributed by atoms with Crippen LogP contribution < -0.4 is 4.74 Å². The van der Waals surface area contributed by atoms with Crippen molar-refractivity contribution >= 4 is 17.5 Å². The Kier molecular flexibility index (Phi) is 6.08. The van der Waals surface area contributed by atoms with Crippen LogP contribution in [0.15, 0.2) is 12.1 Å². The number of rotatable bonds is 3. The van der Waals surface area contributed by atoms with E-state index < -0.39 is 52.9 Å². The summed E-state index contributed by atoms with van der Waals surface area (Å²) in [7, 11) is 1.35. The molecule has 0 N–H and O–H groups in total. The zero-order valence-corrected chi connectivity index (χ0v) is 17.4. The van der Waals surface area contributed by atoms with Crippen molar-refractivity contribution in [3.05, 3.63) is 45.2 Å². The molecule has 1 unspecified atom stereocenters. The monoisotopic (exact) mass is 480 g/mol. The molecular weight excluding hydrogens is 466 g/mol. The first kappa shape index (κ1) is 23.7. The number of carbonyl (C=O) groups excluding carboxylic acids is 1. The van der Waals surface area contributed by atoms with E-state index in [2.05, 4.69) is 5.10 Å². The van der Waals surface area contributed by atoms with Crippen LogP contribution in [0.3, 0.4) is 0 Å². The Labute approximate surface area is 182 Å². The molecule has 0 radical (unpaired) electrons. The first-order valence-electron chi connectivity index (χ1n) is 9.12. The summed E-state index contributed by atoms with van der Waals surface area (Å²) in [5.41, 5.74) is -1.79. The Bertz CT molecular complexity index is 1100. The van der Waals surface area contributed by atoms with Crippen LogP contribution in [0.2, 0.25) is 5.02 Å². The predicted octanol–water partition coefficient (Wildman–Crippen LogP) is 4.49. The summed E-state index contributed by atoms with van der Waals surface area (Å²) in [4.78, 5) is 14.2. The maximum absolute atomic E-state index is 13.4. The minimum Gasteiger partial charge on any atom is -0.480 e. The number of benzene rings is 1. The zero-order valence-electron chi connectivity index (χ0n) is 16.6. The SMILES string of the molecule is CC(Oc1ccc(C#N)c(Cl)c1C(=O)N1CCc2c(c(C(F)(F)F)nn2C)C1)C(F)(F)F. The average molecular weight is 481 g/mol. The number of nitriles is 1. The van der Waals surface area contributed by atoms with Crippen LogP contribution in [0, 0.1) is 11.3 Å². The third-order valence-electron chi connectivity index (χ3n) is 5.00. The third kappa shape index (κ3) is 4.34. The normalized spacial score (nSPS) is 15.2. The second-order valence-corrected chi connectivity index (χ2v) is 7.46. The molecular formula is C19H15ClF6N4O2. The van der Waals surface area contributed by atoms with Gasteiger partial charge in [-0.25, -0.2) is 0 Å². The first-order valence-corrected chi connectivity index (χ1v) is 9.50. The highest BCUT2D eigenvalue weighted by Gasteiger charge is 2.42. The molecule has 0 saturated heterocycles. The third-order valence-corrected chi connectivity index (χ3v) is 5.39. The zero-order chi connectivity index (χ0) is 24.0. The van der Waals surface area contributed by atoms with Crippen LogP contribution in [-0.2, 0) is 26.2 Å². The fourth-order valence-corrected chi connectivity index (χ4v) is 3.63. The molecule has 2 aromatic rings. The van der Waals surface area contributed by atoms with Gasteiger partial charge in [0.2, 0.25) is 0 Å². The minimum absolute atomic E-state index is 0.0331. The number of aromatic nitrogens is 2. The van der Waals surface area contributed by atoms with Crippen molar-refractivity contribution in [3.63, 3.8) is 0 Å². The van der Waals surface area contributed by atoms with Crippen molar-refractivity contribution in [1.29, 1.82) is 5.26 Å². The number of halogens is 7. The van der Waals surface area contributed by atoms with Gasteiger partial charge in [-0.3, -0.25) is 9.48 Å². The van der Waals surface area contributed by atoms with Gasteiger partial charge in [-0.1, -0.05) is 11.6 Å². The van der Waals surface area contributed by atoms with E-state index in [0.717, 1.165) is 28.6 Å². The molecule has 1 aromatic carbocycles. The largest absolute Gasteiger partial charge is 0.480 e. The maximum Gasteiger partial charge on any atom is 0.435 e. The number of fused-ring (bicyclic) bond motifs is 1. The molecule has 0 spiro atoms. The summed E-state index contributed by atoms with van der Waals surface area (Å²) in [6.07, 6.45) is -11.8. The lowest BCUT2D eigenvalue weighted by Crippen LogP contribution is -2.38. The quantitative estimate of drug-likeness (QED) is 0.607. The molecule has 1 amide bonds. The molecule has 32 heavy (non-hydrogen) atoms. The van der Waals surface area contributed by atoms with Gasteiger partial charge < -0.3 is 9.64 Å². The number of aryl methyl sites for hydroxylation is 1. The fraction of sp³-hybridized carbons (Fsp3) is 0.421. The summed E-state index contributed by atoms with van der Waals surface area (Å²) < 4.78 is 85.0. The molecule has 0 fully saturated rings. The van der Waals surface area contributed by atoms with E-state index in [1.807, 2.05) is 0 Å². The van der Waals surface area contributed by atoms with Gasteiger partial charge >= 0.3 is 12.4 Å². The number of ether oxygens (including phenoxy) is 1. The Morgan fingerprint density at radius 3 is 2.50 bits per heavy atom. The van der Waals surface area contributed by atoms with Gasteiger partial charge in [0.1, 0.15) is 17.4 Å². The van der Waals surface area contributed by atoms with E-state index in [9.17, 15) is 36.4 Å². The van der Waals surface area contributed by atoms with Crippen LogP contribution in [0.25, 0.3) is 0 Å². The molecule has 1 aromatic heterocycles. The number of carbonyl (C=O) groups is 1. The Balaban J connectivity index is 2.02. The van der Waals surface area contributed by atoms with Crippen molar-refractivity contribution in [1.82, 2.24) is 14.7 Å². The number of amides is 1. The van der Waals surface area contributed by atoms with Crippen molar-refractivity contribution in [2.45, 2.75) is 38.3 Å². The molecule has 13 heteroatoms. The maximum atomic E-state index is 13.4. The Hall–Kier alpha value is -2.94. The molecule has 3 rings (SSSR count). The van der Waals surface area contributed by atoms with Crippen molar-refractivity contribution in [2.75, 3.05) is 6.54 Å². The van der Waals surface area contributed by atoms with Gasteiger partial charge in [-0.2, -0.15) is 36.7 Å². The average Bonchev–Trinajstić information content (AvgIpc) is 3.03. The molecule has 0 aliphatic carbocycles. The fourth-order valence-electron chi connectivity index (χ4n) is 3.35. The minimum atomic E-state index is -4.76. The van der Waals surface area contributed by atoms with Gasteiger partial charge in [0.25, 0.3) is 5.91 Å². The summed E-state index contributed by atoms with van der Waals surface area (Å²) in [6.45, 7) is 0.195. The van der Waals surface area contributed by atoms with E-state index in [4.69, 9.17) is 16.3 Å². The number of alkyl halides is 6. The molecule has 6 nitrogen and oxygen atoms in total. The van der Waals surface area contributed by atoms with Gasteiger partial charge in [0.15, 0.2) is 11.8 Å². The Morgan fingerprint density at radius 1 is 1.28 bits per heavy atom. The van der Waals surface area contributed by atoms with Crippen LogP contribution in [0.4, 0.5) is 26.3 Å². The standard InChI is InChI=1S/C19H15ClF6N4O2/c1-9(18(21,22)23)32-13-4-3-10(7-27)15(20)14(13)17(31)30-6-5-12-11(8-30)16(19(24,25)26)28-29(12)2/h3-4,9H,5-6,8H2,1-2H3. The number of nitrogens with zero attached hydrogens (tertiary/aromatic N) is 4. The van der Waals surface area contributed by atoms with Crippen LogP contribution >= 0.6 is 11.6 Å². The summed E-state index contributed by atoms with van der Waals surface area (Å²) in [6, 6.07) is 3.80. The van der Waals surface area contributed by atoms with Gasteiger partial charge in [-0.05, 0) is 19.1 Å². The smallest absolute Gasteiger partial charge is 0.435 e. The lowest BCUT2D eigenvalue weighted by atomic mass is 10.0. The highest BCUT2D eigenvalue weighted by atomic mass is 35.5. The van der Waals surface area contributed by atoms with Crippen LogP contribution in [-0.4, -0.2) is 39.4 Å². The molecule has 1 atom stereocenters. The highest BCUT2D eigenvalue weighted by Crippen LogP contribution is 2.37. The van der Waals surface area contributed by atoms with E-state index in [-0.39, 0.29) is 24.1 Å². The molecule has 0 saturated carbocycles. The van der Waals surface area contributed by atoms with E-state index in [1.165, 1.54) is 7.05 Å². The van der Waals surface area contributed by atoms with Crippen molar-refractivity contribution < 1.29 is 35.9 Å². The first-order chi connectivity index (χ1) is 14.8. The second-order valence-electron chi connectivity index (χ2n) is 7.09. The number of hydrogen-bond acceptors (Lipinski definition) is 4. The molecule has 172 valence electrons. The van der Waals surface area contributed by atoms with Crippen LogP contribution in [0.1, 0.15) is 39.8 Å². The van der Waals surface area contributed by atoms with E-state index in [1.54, 1.807) is 6.07 Å². The van der Waals surface area contributed by atoms with E-state index >= 15 is 0 Å². The van der Waals surface area contributed by atoms with E-state index in [0.29, 0.717) is 5.69 Å². The molecule has 2 heterocycles. The van der Waals surface area contributed by atoms with Crippen molar-refractivity contribution in [2.24, 2.45) is 7.05 Å².